The number of nitrogens with one attached hydrogen (secondary N) is 2. The maximum absolute atomic E-state index is 12.5. The lowest BCUT2D eigenvalue weighted by atomic mass is 10.3. The highest BCUT2D eigenvalue weighted by Crippen LogP contribution is 2.32. The second-order valence-electron chi connectivity index (χ2n) is 4.80. The van der Waals surface area contributed by atoms with E-state index in [9.17, 15) is 22.4 Å². The van der Waals surface area contributed by atoms with Gasteiger partial charge in [-0.1, -0.05) is 35.5 Å². The summed E-state index contributed by atoms with van der Waals surface area (Å²) in [6.07, 6.45) is 0. The van der Waals surface area contributed by atoms with E-state index in [2.05, 4.69) is 15.4 Å². The Morgan fingerprint density at radius 1 is 1.15 bits per heavy atom. The number of amides is 1. The van der Waals surface area contributed by atoms with Crippen molar-refractivity contribution < 1.29 is 27.1 Å². The van der Waals surface area contributed by atoms with Crippen molar-refractivity contribution in [2.75, 3.05) is 17.2 Å². The number of anilines is 2. The van der Waals surface area contributed by atoms with Crippen LogP contribution in [0.4, 0.5) is 28.9 Å². The van der Waals surface area contributed by atoms with Crippen LogP contribution in [0.3, 0.4) is 0 Å². The zero-order valence-corrected chi connectivity index (χ0v) is 14.6. The van der Waals surface area contributed by atoms with Gasteiger partial charge in [0.15, 0.2) is 0 Å². The highest BCUT2D eigenvalue weighted by atomic mass is 35.5. The van der Waals surface area contributed by atoms with E-state index >= 15 is 0 Å². The van der Waals surface area contributed by atoms with E-state index < -0.39 is 18.3 Å². The van der Waals surface area contributed by atoms with Gasteiger partial charge in [0.1, 0.15) is 5.75 Å². The minimum Gasteiger partial charge on any atom is -0.433 e. The number of carbonyl (C=O) groups excluding carboxylic acids is 1. The summed E-state index contributed by atoms with van der Waals surface area (Å²) in [5.41, 5.74) is 0.672. The van der Waals surface area contributed by atoms with Gasteiger partial charge in [0.25, 0.3) is 5.76 Å². The molecule has 10 heteroatoms. The van der Waals surface area contributed by atoms with Crippen LogP contribution in [-0.2, 0) is 4.79 Å². The molecule has 1 amide bonds. The first-order chi connectivity index (χ1) is 12.3. The van der Waals surface area contributed by atoms with Crippen molar-refractivity contribution in [3.05, 3.63) is 47.5 Å². The van der Waals surface area contributed by atoms with Crippen LogP contribution in [0.15, 0.2) is 47.4 Å². The third kappa shape index (κ3) is 6.30. The summed E-state index contributed by atoms with van der Waals surface area (Å²) in [7, 11) is 0. The molecule has 0 radical (unpaired) electrons. The van der Waals surface area contributed by atoms with Crippen LogP contribution in [0, 0.1) is 0 Å². The van der Waals surface area contributed by atoms with Crippen molar-refractivity contribution in [1.29, 1.82) is 0 Å². The number of benzene rings is 2. The van der Waals surface area contributed by atoms with Gasteiger partial charge in [-0.15, -0.1) is 0 Å². The van der Waals surface area contributed by atoms with Gasteiger partial charge in [-0.2, -0.15) is 17.6 Å². The Labute approximate surface area is 155 Å². The standard InChI is InChI=1S/C16H13ClF4N2O2S/c17-10-7-9(5-6-12(10)25-15(18)19)22-8-14(24)23-11-3-1-2-4-13(11)26-16(20)21/h1-7,15-16,22H,8H2,(H,23,24). The van der Waals surface area contributed by atoms with E-state index in [4.69, 9.17) is 11.6 Å². The monoisotopic (exact) mass is 408 g/mol. The third-order valence-electron chi connectivity index (χ3n) is 2.98. The van der Waals surface area contributed by atoms with Gasteiger partial charge >= 0.3 is 6.61 Å². The molecule has 2 rings (SSSR count). The largest absolute Gasteiger partial charge is 0.433 e. The molecule has 0 saturated carbocycles. The third-order valence-corrected chi connectivity index (χ3v) is 4.06. The van der Waals surface area contributed by atoms with Gasteiger partial charge in [0.2, 0.25) is 5.91 Å². The first-order valence-corrected chi connectivity index (χ1v) is 8.43. The van der Waals surface area contributed by atoms with Crippen molar-refractivity contribution in [1.82, 2.24) is 0 Å². The molecule has 0 saturated heterocycles. The average Bonchev–Trinajstić information content (AvgIpc) is 2.56. The van der Waals surface area contributed by atoms with Gasteiger partial charge in [-0.3, -0.25) is 4.79 Å². The number of alkyl halides is 4. The summed E-state index contributed by atoms with van der Waals surface area (Å²) in [6, 6.07) is 10.2. The number of rotatable bonds is 8. The van der Waals surface area contributed by atoms with Gasteiger partial charge in [0.05, 0.1) is 17.3 Å². The second-order valence-corrected chi connectivity index (χ2v) is 6.24. The number of thioether (sulfide) groups is 1. The van der Waals surface area contributed by atoms with Gasteiger partial charge in [-0.05, 0) is 30.3 Å². The molecule has 0 bridgehead atoms. The highest BCUT2D eigenvalue weighted by molar-refractivity contribution is 7.99. The summed E-state index contributed by atoms with van der Waals surface area (Å²) >= 11 is 6.14. The molecular weight excluding hydrogens is 396 g/mol. The lowest BCUT2D eigenvalue weighted by molar-refractivity contribution is -0.114. The predicted octanol–water partition coefficient (Wildman–Crippen LogP) is 5.31. The van der Waals surface area contributed by atoms with Crippen molar-refractivity contribution >= 4 is 40.6 Å². The van der Waals surface area contributed by atoms with Crippen molar-refractivity contribution in [2.24, 2.45) is 0 Å². The van der Waals surface area contributed by atoms with Crippen LogP contribution >= 0.6 is 23.4 Å². The fourth-order valence-corrected chi connectivity index (χ4v) is 2.77. The Kier molecular flexibility index (Phi) is 7.40. The Hall–Kier alpha value is -2.13. The maximum atomic E-state index is 12.5. The summed E-state index contributed by atoms with van der Waals surface area (Å²) in [6.45, 7) is -3.18. The molecule has 140 valence electrons. The molecule has 26 heavy (non-hydrogen) atoms. The van der Waals surface area contributed by atoms with E-state index in [1.165, 1.54) is 30.3 Å². The SMILES string of the molecule is O=C(CNc1ccc(OC(F)F)c(Cl)c1)Nc1ccccc1SC(F)F. The molecule has 0 aliphatic carbocycles. The second kappa shape index (κ2) is 9.54. The molecule has 0 fully saturated rings. The molecule has 2 N–H and O–H groups in total. The molecule has 0 aromatic heterocycles. The number of carbonyl (C=O) groups is 1. The van der Waals surface area contributed by atoms with Gasteiger partial charge in [-0.25, -0.2) is 0 Å². The molecule has 2 aromatic rings. The number of hydrogen-bond donors (Lipinski definition) is 2. The normalized spacial score (nSPS) is 10.9. The lowest BCUT2D eigenvalue weighted by Crippen LogP contribution is -2.22. The maximum Gasteiger partial charge on any atom is 0.387 e. The Morgan fingerprint density at radius 3 is 2.54 bits per heavy atom. The van der Waals surface area contributed by atoms with Gasteiger partial charge < -0.3 is 15.4 Å². The van der Waals surface area contributed by atoms with Crippen LogP contribution in [0.1, 0.15) is 0 Å². The lowest BCUT2D eigenvalue weighted by Gasteiger charge is -2.12. The smallest absolute Gasteiger partial charge is 0.387 e. The Bertz CT molecular complexity index is 765. The minimum absolute atomic E-state index is 0.0469. The number of para-hydroxylation sites is 1. The molecule has 0 unspecified atom stereocenters. The van der Waals surface area contributed by atoms with Crippen LogP contribution in [0.5, 0.6) is 5.75 Å². The average molecular weight is 409 g/mol. The fraction of sp³-hybridized carbons (Fsp3) is 0.188. The molecule has 4 nitrogen and oxygen atoms in total. The molecule has 0 heterocycles. The number of hydrogen-bond acceptors (Lipinski definition) is 4. The summed E-state index contributed by atoms with van der Waals surface area (Å²) in [5, 5.41) is 5.23. The molecule has 0 spiro atoms. The van der Waals surface area contributed by atoms with Gasteiger partial charge in [0, 0.05) is 10.6 Å². The zero-order chi connectivity index (χ0) is 19.1. The molecular formula is C16H13ClF4N2O2S. The Morgan fingerprint density at radius 2 is 1.88 bits per heavy atom. The van der Waals surface area contributed by atoms with Crippen molar-refractivity contribution in [3.63, 3.8) is 0 Å². The highest BCUT2D eigenvalue weighted by Gasteiger charge is 2.12. The quantitative estimate of drug-likeness (QED) is 0.459. The van der Waals surface area contributed by atoms with E-state index in [1.54, 1.807) is 12.1 Å². The first-order valence-electron chi connectivity index (χ1n) is 7.17. The Balaban J connectivity index is 1.94. The summed E-state index contributed by atoms with van der Waals surface area (Å²) in [5.74, 6) is -3.27. The first kappa shape index (κ1) is 20.2. The van der Waals surface area contributed by atoms with E-state index in [1.807, 2.05) is 0 Å². The molecule has 0 aliphatic rings. The predicted molar refractivity (Wildman–Crippen MR) is 93.5 cm³/mol. The molecule has 0 aliphatic heterocycles. The fourth-order valence-electron chi connectivity index (χ4n) is 1.95. The van der Waals surface area contributed by atoms with E-state index in [-0.39, 0.29) is 27.9 Å². The van der Waals surface area contributed by atoms with E-state index in [0.29, 0.717) is 17.4 Å². The van der Waals surface area contributed by atoms with Crippen molar-refractivity contribution in [3.8, 4) is 5.75 Å². The minimum atomic E-state index is -3.00. The summed E-state index contributed by atoms with van der Waals surface area (Å²) < 4.78 is 53.6. The van der Waals surface area contributed by atoms with Crippen LogP contribution < -0.4 is 15.4 Å². The summed E-state index contributed by atoms with van der Waals surface area (Å²) in [4.78, 5) is 12.2. The van der Waals surface area contributed by atoms with Crippen molar-refractivity contribution in [2.45, 2.75) is 17.3 Å². The number of halogens is 5. The molecule has 0 atom stereocenters. The zero-order valence-electron chi connectivity index (χ0n) is 13.0. The molecule has 2 aromatic carbocycles. The van der Waals surface area contributed by atoms with E-state index in [0.717, 1.165) is 0 Å². The van der Waals surface area contributed by atoms with Crippen LogP contribution in [0.25, 0.3) is 0 Å². The van der Waals surface area contributed by atoms with Crippen LogP contribution in [0.2, 0.25) is 5.02 Å². The van der Waals surface area contributed by atoms with Crippen LogP contribution in [-0.4, -0.2) is 24.8 Å². The number of ether oxygens (including phenoxy) is 1. The topological polar surface area (TPSA) is 50.4 Å².